The molecular weight excluding hydrogens is 146 g/mol. The van der Waals surface area contributed by atoms with Crippen molar-refractivity contribution >= 4 is 0 Å². The van der Waals surface area contributed by atoms with Gasteiger partial charge in [0.1, 0.15) is 0 Å². The lowest BCUT2D eigenvalue weighted by atomic mass is 9.82. The summed E-state index contributed by atoms with van der Waals surface area (Å²) in [5, 5.41) is 0. The van der Waals surface area contributed by atoms with Crippen molar-refractivity contribution in [1.29, 1.82) is 0 Å². The van der Waals surface area contributed by atoms with Gasteiger partial charge in [0.2, 0.25) is 0 Å². The fourth-order valence-corrected chi connectivity index (χ4v) is 2.24. The Hall–Kier alpha value is -0.0400. The molecule has 1 nitrogen and oxygen atoms in total. The van der Waals surface area contributed by atoms with Gasteiger partial charge in [-0.25, -0.2) is 0 Å². The third kappa shape index (κ3) is 3.14. The smallest absolute Gasteiger partial charge is 0.00671 e. The third-order valence-corrected chi connectivity index (χ3v) is 3.15. The van der Waals surface area contributed by atoms with Crippen LogP contribution < -0.4 is 5.73 Å². The molecular formula is C11H23N. The first-order valence-electron chi connectivity index (χ1n) is 5.60. The topological polar surface area (TPSA) is 26.0 Å². The van der Waals surface area contributed by atoms with Gasteiger partial charge in [-0.05, 0) is 25.2 Å². The molecule has 72 valence electrons. The highest BCUT2D eigenvalue weighted by molar-refractivity contribution is 4.76. The Labute approximate surface area is 76.7 Å². The van der Waals surface area contributed by atoms with Crippen LogP contribution in [0.25, 0.3) is 0 Å². The van der Waals surface area contributed by atoms with Crippen molar-refractivity contribution in [2.75, 3.05) is 0 Å². The molecule has 0 aromatic carbocycles. The second kappa shape index (κ2) is 5.58. The van der Waals surface area contributed by atoms with E-state index in [1.54, 1.807) is 0 Å². The quantitative estimate of drug-likeness (QED) is 0.687. The Morgan fingerprint density at radius 1 is 1.25 bits per heavy atom. The minimum atomic E-state index is 0.505. The van der Waals surface area contributed by atoms with E-state index < -0.39 is 0 Å². The van der Waals surface area contributed by atoms with Gasteiger partial charge in [0.25, 0.3) is 0 Å². The second-order valence-electron chi connectivity index (χ2n) is 4.20. The van der Waals surface area contributed by atoms with Crippen molar-refractivity contribution in [3.63, 3.8) is 0 Å². The summed E-state index contributed by atoms with van der Waals surface area (Å²) in [5.41, 5.74) is 6.13. The highest BCUT2D eigenvalue weighted by Crippen LogP contribution is 2.27. The van der Waals surface area contributed by atoms with Gasteiger partial charge >= 0.3 is 0 Å². The van der Waals surface area contributed by atoms with Crippen LogP contribution in [0.1, 0.15) is 58.3 Å². The minimum absolute atomic E-state index is 0.505. The van der Waals surface area contributed by atoms with Crippen LogP contribution in [0, 0.1) is 5.92 Å². The molecule has 0 amide bonds. The summed E-state index contributed by atoms with van der Waals surface area (Å²) in [5.74, 6) is 0.852. The summed E-state index contributed by atoms with van der Waals surface area (Å²) >= 11 is 0. The first-order valence-corrected chi connectivity index (χ1v) is 5.60. The van der Waals surface area contributed by atoms with Crippen LogP contribution in [0.2, 0.25) is 0 Å². The van der Waals surface area contributed by atoms with Crippen molar-refractivity contribution in [1.82, 2.24) is 0 Å². The van der Waals surface area contributed by atoms with Gasteiger partial charge in [0.15, 0.2) is 0 Å². The average Bonchev–Trinajstić information content (AvgIpc) is 2.15. The van der Waals surface area contributed by atoms with Gasteiger partial charge in [-0.1, -0.05) is 39.0 Å². The molecule has 0 unspecified atom stereocenters. The fraction of sp³-hybridized carbons (Fsp3) is 1.00. The van der Waals surface area contributed by atoms with Crippen LogP contribution in [0.4, 0.5) is 0 Å². The van der Waals surface area contributed by atoms with E-state index in [9.17, 15) is 0 Å². The van der Waals surface area contributed by atoms with Crippen LogP contribution >= 0.6 is 0 Å². The van der Waals surface area contributed by atoms with Crippen LogP contribution in [0.5, 0.6) is 0 Å². The average molecular weight is 169 g/mol. The van der Waals surface area contributed by atoms with Crippen LogP contribution in [-0.2, 0) is 0 Å². The SMILES string of the molecule is CCCC[C@H](N)C1CCCCC1. The molecule has 1 rings (SSSR count). The largest absolute Gasteiger partial charge is 0.327 e. The maximum Gasteiger partial charge on any atom is 0.00671 e. The highest BCUT2D eigenvalue weighted by Gasteiger charge is 2.19. The zero-order valence-corrected chi connectivity index (χ0v) is 8.39. The summed E-state index contributed by atoms with van der Waals surface area (Å²) in [4.78, 5) is 0. The summed E-state index contributed by atoms with van der Waals surface area (Å²) in [7, 11) is 0. The lowest BCUT2D eigenvalue weighted by Crippen LogP contribution is -2.31. The Morgan fingerprint density at radius 3 is 2.50 bits per heavy atom. The predicted octanol–water partition coefficient (Wildman–Crippen LogP) is 3.08. The summed E-state index contributed by atoms with van der Waals surface area (Å²) in [6, 6.07) is 0.505. The number of unbranched alkanes of at least 4 members (excludes halogenated alkanes) is 1. The molecule has 1 aliphatic rings. The Bertz CT molecular complexity index is 106. The molecule has 0 saturated heterocycles. The molecule has 1 aliphatic carbocycles. The Morgan fingerprint density at radius 2 is 1.92 bits per heavy atom. The number of hydrogen-bond acceptors (Lipinski definition) is 1. The maximum atomic E-state index is 6.13. The molecule has 0 radical (unpaired) electrons. The van der Waals surface area contributed by atoms with Gasteiger partial charge in [-0.2, -0.15) is 0 Å². The summed E-state index contributed by atoms with van der Waals surface area (Å²) in [6.07, 6.45) is 10.9. The molecule has 12 heavy (non-hydrogen) atoms. The molecule has 1 fully saturated rings. The van der Waals surface area contributed by atoms with Gasteiger partial charge in [-0.3, -0.25) is 0 Å². The molecule has 0 aliphatic heterocycles. The van der Waals surface area contributed by atoms with Gasteiger partial charge < -0.3 is 5.73 Å². The van der Waals surface area contributed by atoms with E-state index in [4.69, 9.17) is 5.73 Å². The van der Waals surface area contributed by atoms with Gasteiger partial charge in [0, 0.05) is 6.04 Å². The van der Waals surface area contributed by atoms with Crippen molar-refractivity contribution in [2.24, 2.45) is 11.7 Å². The minimum Gasteiger partial charge on any atom is -0.327 e. The second-order valence-corrected chi connectivity index (χ2v) is 4.20. The molecule has 0 aromatic heterocycles. The normalized spacial score (nSPS) is 22.5. The lowest BCUT2D eigenvalue weighted by Gasteiger charge is -2.27. The van der Waals surface area contributed by atoms with E-state index in [0.29, 0.717) is 6.04 Å². The summed E-state index contributed by atoms with van der Waals surface area (Å²) < 4.78 is 0. The maximum absolute atomic E-state index is 6.13. The van der Waals surface area contributed by atoms with Gasteiger partial charge in [0.05, 0.1) is 0 Å². The van der Waals surface area contributed by atoms with E-state index in [1.807, 2.05) is 0 Å². The van der Waals surface area contributed by atoms with Crippen LogP contribution in [0.3, 0.4) is 0 Å². The predicted molar refractivity (Wildman–Crippen MR) is 54.1 cm³/mol. The van der Waals surface area contributed by atoms with Crippen molar-refractivity contribution in [2.45, 2.75) is 64.3 Å². The third-order valence-electron chi connectivity index (χ3n) is 3.15. The van der Waals surface area contributed by atoms with Crippen LogP contribution in [-0.4, -0.2) is 6.04 Å². The number of rotatable bonds is 4. The highest BCUT2D eigenvalue weighted by atomic mass is 14.6. The first-order chi connectivity index (χ1) is 5.84. The van der Waals surface area contributed by atoms with E-state index in [2.05, 4.69) is 6.92 Å². The van der Waals surface area contributed by atoms with Crippen molar-refractivity contribution < 1.29 is 0 Å². The molecule has 0 bridgehead atoms. The van der Waals surface area contributed by atoms with E-state index in [0.717, 1.165) is 5.92 Å². The molecule has 0 heterocycles. The van der Waals surface area contributed by atoms with Gasteiger partial charge in [-0.15, -0.1) is 0 Å². The molecule has 1 atom stereocenters. The first kappa shape index (κ1) is 10.0. The molecule has 2 N–H and O–H groups in total. The lowest BCUT2D eigenvalue weighted by molar-refractivity contribution is 0.291. The number of nitrogens with two attached hydrogens (primary N) is 1. The van der Waals surface area contributed by atoms with Crippen molar-refractivity contribution in [3.8, 4) is 0 Å². The van der Waals surface area contributed by atoms with E-state index in [1.165, 1.54) is 51.4 Å². The number of hydrogen-bond donors (Lipinski definition) is 1. The van der Waals surface area contributed by atoms with Crippen molar-refractivity contribution in [3.05, 3.63) is 0 Å². The zero-order chi connectivity index (χ0) is 8.81. The molecule has 0 spiro atoms. The zero-order valence-electron chi connectivity index (χ0n) is 8.39. The molecule has 1 saturated carbocycles. The van der Waals surface area contributed by atoms with E-state index >= 15 is 0 Å². The van der Waals surface area contributed by atoms with E-state index in [-0.39, 0.29) is 0 Å². The van der Waals surface area contributed by atoms with Crippen LogP contribution in [0.15, 0.2) is 0 Å². The molecule has 0 aromatic rings. The molecule has 1 heteroatoms. The fourth-order valence-electron chi connectivity index (χ4n) is 2.24. The Kier molecular flexibility index (Phi) is 4.67. The Balaban J connectivity index is 2.15. The standard InChI is InChI=1S/C11H23N/c1-2-3-9-11(12)10-7-5-4-6-8-10/h10-11H,2-9,12H2,1H3/t11-/m0/s1. The summed E-state index contributed by atoms with van der Waals surface area (Å²) in [6.45, 7) is 2.24. The monoisotopic (exact) mass is 169 g/mol.